The number of carbonyl (C=O) groups excluding carboxylic acids is 2. The number of methoxy groups -OCH3 is 2. The lowest BCUT2D eigenvalue weighted by molar-refractivity contribution is -0.134. The van der Waals surface area contributed by atoms with Gasteiger partial charge in [-0.2, -0.15) is 4.98 Å². The fourth-order valence-electron chi connectivity index (χ4n) is 3.04. The molecule has 0 saturated carbocycles. The molecule has 0 atom stereocenters. The fraction of sp³-hybridized carbons (Fsp3) is 0.304. The Kier molecular flexibility index (Phi) is 7.43. The molecule has 1 aromatic heterocycles. The van der Waals surface area contributed by atoms with Crippen LogP contribution >= 0.6 is 0 Å². The topological polar surface area (TPSA) is 104 Å². The zero-order valence-corrected chi connectivity index (χ0v) is 18.5. The number of nitrogens with zero attached hydrogens (tertiary/aromatic N) is 3. The van der Waals surface area contributed by atoms with Gasteiger partial charge in [-0.1, -0.05) is 11.2 Å². The van der Waals surface area contributed by atoms with Crippen molar-refractivity contribution in [2.24, 2.45) is 0 Å². The van der Waals surface area contributed by atoms with Crippen molar-refractivity contribution in [2.75, 3.05) is 27.4 Å². The number of aromatic nitrogens is 2. The van der Waals surface area contributed by atoms with Gasteiger partial charge < -0.3 is 23.6 Å². The molecule has 3 rings (SSSR count). The van der Waals surface area contributed by atoms with E-state index in [4.69, 9.17) is 18.7 Å². The first kappa shape index (κ1) is 22.8. The minimum Gasteiger partial charge on any atom is -0.493 e. The molecule has 32 heavy (non-hydrogen) atoms. The molecule has 0 N–H and O–H groups in total. The second-order valence-electron chi connectivity index (χ2n) is 6.90. The SMILES string of the molecule is CCN(Cc1ccc(OC)c(OC)c1)C(=O)COC(=O)c1ccc(-c2nc(C)no2)cc1. The number of rotatable bonds is 9. The Labute approximate surface area is 185 Å². The van der Waals surface area contributed by atoms with E-state index in [1.807, 2.05) is 19.1 Å². The number of carbonyl (C=O) groups is 2. The molecular formula is C23H25N3O6. The molecule has 0 unspecified atom stereocenters. The Balaban J connectivity index is 1.58. The number of likely N-dealkylation sites (N-methyl/N-ethyl adjacent to an activating group) is 1. The van der Waals surface area contributed by atoms with Crippen LogP contribution in [0.5, 0.6) is 11.5 Å². The molecule has 9 nitrogen and oxygen atoms in total. The summed E-state index contributed by atoms with van der Waals surface area (Å²) in [6, 6.07) is 12.0. The summed E-state index contributed by atoms with van der Waals surface area (Å²) in [5.41, 5.74) is 1.88. The lowest BCUT2D eigenvalue weighted by Crippen LogP contribution is -2.34. The van der Waals surface area contributed by atoms with E-state index in [0.717, 1.165) is 5.56 Å². The molecule has 0 bridgehead atoms. The molecule has 1 amide bonds. The molecule has 0 saturated heterocycles. The molecule has 0 aliphatic rings. The molecule has 3 aromatic rings. The number of hydrogen-bond donors (Lipinski definition) is 0. The summed E-state index contributed by atoms with van der Waals surface area (Å²) in [4.78, 5) is 30.7. The van der Waals surface area contributed by atoms with E-state index >= 15 is 0 Å². The van der Waals surface area contributed by atoms with Gasteiger partial charge in [0.1, 0.15) is 0 Å². The smallest absolute Gasteiger partial charge is 0.338 e. The first-order chi connectivity index (χ1) is 15.4. The molecule has 0 spiro atoms. The zero-order valence-electron chi connectivity index (χ0n) is 18.5. The minimum atomic E-state index is -0.589. The molecule has 9 heteroatoms. The molecular weight excluding hydrogens is 414 g/mol. The predicted octanol–water partition coefficient (Wildman–Crippen LogP) is 3.27. The average Bonchev–Trinajstić information content (AvgIpc) is 3.26. The van der Waals surface area contributed by atoms with Crippen LogP contribution in [0.3, 0.4) is 0 Å². The fourth-order valence-corrected chi connectivity index (χ4v) is 3.04. The van der Waals surface area contributed by atoms with Crippen LogP contribution in [-0.2, 0) is 16.1 Å². The number of ether oxygens (including phenoxy) is 3. The maximum atomic E-state index is 12.6. The van der Waals surface area contributed by atoms with Crippen LogP contribution in [0.15, 0.2) is 47.0 Å². The highest BCUT2D eigenvalue weighted by Gasteiger charge is 2.17. The van der Waals surface area contributed by atoms with Gasteiger partial charge in [-0.3, -0.25) is 4.79 Å². The maximum Gasteiger partial charge on any atom is 0.338 e. The summed E-state index contributed by atoms with van der Waals surface area (Å²) in [6.45, 7) is 4.04. The largest absolute Gasteiger partial charge is 0.493 e. The van der Waals surface area contributed by atoms with E-state index in [-0.39, 0.29) is 12.5 Å². The molecule has 0 aliphatic heterocycles. The van der Waals surface area contributed by atoms with Gasteiger partial charge >= 0.3 is 5.97 Å². The van der Waals surface area contributed by atoms with Gasteiger partial charge in [-0.05, 0) is 55.8 Å². The van der Waals surface area contributed by atoms with Gasteiger partial charge in [0.2, 0.25) is 0 Å². The van der Waals surface area contributed by atoms with Gasteiger partial charge in [0.05, 0.1) is 19.8 Å². The third-order valence-electron chi connectivity index (χ3n) is 4.78. The number of benzene rings is 2. The normalized spacial score (nSPS) is 10.5. The lowest BCUT2D eigenvalue weighted by atomic mass is 10.1. The van der Waals surface area contributed by atoms with E-state index < -0.39 is 5.97 Å². The Morgan fingerprint density at radius 1 is 1.03 bits per heavy atom. The van der Waals surface area contributed by atoms with Gasteiger partial charge in [-0.25, -0.2) is 4.79 Å². The van der Waals surface area contributed by atoms with Crippen LogP contribution in [0, 0.1) is 6.92 Å². The second-order valence-corrected chi connectivity index (χ2v) is 6.90. The van der Waals surface area contributed by atoms with Crippen LogP contribution in [0.25, 0.3) is 11.5 Å². The van der Waals surface area contributed by atoms with Crippen LogP contribution in [0.4, 0.5) is 0 Å². The maximum absolute atomic E-state index is 12.6. The molecule has 0 aliphatic carbocycles. The van der Waals surface area contributed by atoms with Crippen molar-refractivity contribution in [1.29, 1.82) is 0 Å². The van der Waals surface area contributed by atoms with E-state index in [0.29, 0.717) is 47.4 Å². The number of esters is 1. The molecule has 2 aromatic carbocycles. The molecule has 1 heterocycles. The Morgan fingerprint density at radius 3 is 2.34 bits per heavy atom. The molecule has 0 fully saturated rings. The highest BCUT2D eigenvalue weighted by Crippen LogP contribution is 2.28. The number of amides is 1. The molecule has 0 radical (unpaired) electrons. The van der Waals surface area contributed by atoms with Crippen molar-refractivity contribution in [3.05, 3.63) is 59.4 Å². The van der Waals surface area contributed by atoms with Gasteiger partial charge in [-0.15, -0.1) is 0 Å². The van der Waals surface area contributed by atoms with Crippen LogP contribution in [-0.4, -0.2) is 54.3 Å². The van der Waals surface area contributed by atoms with Crippen molar-refractivity contribution in [1.82, 2.24) is 15.0 Å². The van der Waals surface area contributed by atoms with Crippen molar-refractivity contribution >= 4 is 11.9 Å². The summed E-state index contributed by atoms with van der Waals surface area (Å²) in [5.74, 6) is 1.20. The summed E-state index contributed by atoms with van der Waals surface area (Å²) in [5, 5.41) is 3.74. The van der Waals surface area contributed by atoms with Gasteiger partial charge in [0.25, 0.3) is 11.8 Å². The van der Waals surface area contributed by atoms with Crippen molar-refractivity contribution in [3.8, 4) is 23.0 Å². The summed E-state index contributed by atoms with van der Waals surface area (Å²) in [6.07, 6.45) is 0. The van der Waals surface area contributed by atoms with Crippen molar-refractivity contribution in [3.63, 3.8) is 0 Å². The number of hydrogen-bond acceptors (Lipinski definition) is 8. The second kappa shape index (κ2) is 10.4. The van der Waals surface area contributed by atoms with Gasteiger partial charge in [0.15, 0.2) is 23.9 Å². The third-order valence-corrected chi connectivity index (χ3v) is 4.78. The predicted molar refractivity (Wildman–Crippen MR) is 115 cm³/mol. The minimum absolute atomic E-state index is 0.298. The highest BCUT2D eigenvalue weighted by molar-refractivity contribution is 5.91. The Hall–Kier alpha value is -3.88. The quantitative estimate of drug-likeness (QED) is 0.468. The van der Waals surface area contributed by atoms with E-state index in [9.17, 15) is 9.59 Å². The molecule has 168 valence electrons. The highest BCUT2D eigenvalue weighted by atomic mass is 16.5. The van der Waals surface area contributed by atoms with Crippen LogP contribution in [0.2, 0.25) is 0 Å². The summed E-state index contributed by atoms with van der Waals surface area (Å²) in [7, 11) is 3.12. The van der Waals surface area contributed by atoms with Crippen molar-refractivity contribution in [2.45, 2.75) is 20.4 Å². The first-order valence-electron chi connectivity index (χ1n) is 10.0. The van der Waals surface area contributed by atoms with E-state index in [1.54, 1.807) is 56.4 Å². The Morgan fingerprint density at radius 2 is 1.75 bits per heavy atom. The average molecular weight is 439 g/mol. The standard InChI is InChI=1S/C23H25N3O6/c1-5-26(13-16-6-11-19(29-3)20(12-16)30-4)21(27)14-31-23(28)18-9-7-17(8-10-18)22-24-15(2)25-32-22/h6-12H,5,13-14H2,1-4H3. The van der Waals surface area contributed by atoms with Crippen molar-refractivity contribution < 1.29 is 28.3 Å². The van der Waals surface area contributed by atoms with E-state index in [1.165, 1.54) is 0 Å². The monoisotopic (exact) mass is 439 g/mol. The van der Waals surface area contributed by atoms with Crippen LogP contribution < -0.4 is 9.47 Å². The summed E-state index contributed by atoms with van der Waals surface area (Å²) >= 11 is 0. The zero-order chi connectivity index (χ0) is 23.1. The lowest BCUT2D eigenvalue weighted by Gasteiger charge is -2.21. The van der Waals surface area contributed by atoms with Gasteiger partial charge in [0, 0.05) is 18.7 Å². The first-order valence-corrected chi connectivity index (χ1v) is 10.0. The van der Waals surface area contributed by atoms with Crippen LogP contribution in [0.1, 0.15) is 28.7 Å². The third kappa shape index (κ3) is 5.42. The number of aryl methyl sites for hydroxylation is 1. The summed E-state index contributed by atoms with van der Waals surface area (Å²) < 4.78 is 20.9. The van der Waals surface area contributed by atoms with E-state index in [2.05, 4.69) is 10.1 Å². The Bertz CT molecular complexity index is 1080.